The van der Waals surface area contributed by atoms with E-state index in [1.54, 1.807) is 11.1 Å². The first kappa shape index (κ1) is 44.6. The van der Waals surface area contributed by atoms with Crippen molar-refractivity contribution >= 4 is 85.9 Å². The summed E-state index contributed by atoms with van der Waals surface area (Å²) in [6, 6.07) is 87.6. The molecule has 2 bridgehead atoms. The molecule has 5 atom stereocenters. The lowest BCUT2D eigenvalue weighted by atomic mass is 9.49. The minimum atomic E-state index is 0.0845. The Labute approximate surface area is 458 Å². The van der Waals surface area contributed by atoms with Crippen LogP contribution >= 0.6 is 11.3 Å². The molecule has 3 aliphatic carbocycles. The van der Waals surface area contributed by atoms with Gasteiger partial charge in [0.25, 0.3) is 0 Å². The van der Waals surface area contributed by atoms with Gasteiger partial charge in [0.2, 0.25) is 0 Å². The second-order valence-electron chi connectivity index (χ2n) is 23.4. The Kier molecular flexibility index (Phi) is 9.58. The second kappa shape index (κ2) is 16.8. The van der Waals surface area contributed by atoms with E-state index in [4.69, 9.17) is 0 Å². The van der Waals surface area contributed by atoms with Crippen LogP contribution < -0.4 is 0 Å². The summed E-state index contributed by atoms with van der Waals surface area (Å²) in [5.74, 6) is 2.96. The maximum atomic E-state index is 2.62. The van der Waals surface area contributed by atoms with Gasteiger partial charge in [0.1, 0.15) is 0 Å². The lowest BCUT2D eigenvalue weighted by molar-refractivity contribution is 0.0426. The van der Waals surface area contributed by atoms with Crippen LogP contribution in [0, 0.1) is 23.7 Å². The summed E-state index contributed by atoms with van der Waals surface area (Å²) in [6.45, 7) is 5.10. The highest BCUT2D eigenvalue weighted by molar-refractivity contribution is 7.25. The van der Waals surface area contributed by atoms with Crippen LogP contribution in [0.1, 0.15) is 50.7 Å². The number of fused-ring (bicyclic) bond motifs is 18. The van der Waals surface area contributed by atoms with Crippen molar-refractivity contribution in [2.24, 2.45) is 23.7 Å². The van der Waals surface area contributed by atoms with Gasteiger partial charge in [-0.15, -0.1) is 11.3 Å². The fourth-order valence-corrected chi connectivity index (χ4v) is 17.3. The molecule has 11 aromatic carbocycles. The molecule has 3 aromatic heterocycles. The zero-order valence-corrected chi connectivity index (χ0v) is 44.7. The Hall–Kier alpha value is -8.50. The highest BCUT2D eigenvalue weighted by atomic mass is 32.1. The third kappa shape index (κ3) is 6.37. The van der Waals surface area contributed by atoms with E-state index >= 15 is 0 Å². The number of benzene rings is 11. The van der Waals surface area contributed by atoms with Gasteiger partial charge in [0, 0.05) is 58.5 Å². The summed E-state index contributed by atoms with van der Waals surface area (Å²) in [4.78, 5) is 0. The van der Waals surface area contributed by atoms with Crippen molar-refractivity contribution in [2.45, 2.75) is 44.9 Å². The number of aromatic nitrogens is 2. The van der Waals surface area contributed by atoms with Crippen LogP contribution in [0.3, 0.4) is 0 Å². The van der Waals surface area contributed by atoms with Gasteiger partial charge in [0.15, 0.2) is 0 Å². The SMILES string of the molecule is CC1CC2CC(C)C3(c4ccccc4-c4ccc(-c5ccc6c(c5)sc5cc(-n7c8ccccc8c8ccc(-c9ccc%10c%11ccccc%11n(-c%11ccc(-c%12cccc%13ccccc%12%13)cc%11)c%10c9)cc87)ccc56)cc43)C(C1)C2. The third-order valence-corrected chi connectivity index (χ3v) is 20.3. The Balaban J connectivity index is 0.755. The Morgan fingerprint density at radius 3 is 1.64 bits per heavy atom. The fourth-order valence-electron chi connectivity index (χ4n) is 16.1. The van der Waals surface area contributed by atoms with E-state index in [0.717, 1.165) is 17.5 Å². The molecule has 0 aliphatic heterocycles. The van der Waals surface area contributed by atoms with Gasteiger partial charge < -0.3 is 9.13 Å². The van der Waals surface area contributed by atoms with E-state index in [1.165, 1.54) is 150 Å². The van der Waals surface area contributed by atoms with E-state index in [0.29, 0.717) is 11.8 Å². The van der Waals surface area contributed by atoms with Gasteiger partial charge in [-0.25, -0.2) is 0 Å². The molecule has 2 saturated carbocycles. The molecule has 0 saturated heterocycles. The molecule has 14 aromatic rings. The Bertz CT molecular complexity index is 4800. The Morgan fingerprint density at radius 2 is 0.885 bits per heavy atom. The minimum absolute atomic E-state index is 0.0845. The van der Waals surface area contributed by atoms with Crippen LogP contribution in [0.2, 0.25) is 0 Å². The highest BCUT2D eigenvalue weighted by Gasteiger charge is 2.56. The van der Waals surface area contributed by atoms with Crippen LogP contribution in [0.15, 0.2) is 231 Å². The van der Waals surface area contributed by atoms with Crippen LogP contribution in [-0.4, -0.2) is 9.13 Å². The maximum Gasteiger partial charge on any atom is 0.0547 e. The van der Waals surface area contributed by atoms with Crippen molar-refractivity contribution in [3.05, 3.63) is 242 Å². The number of hydrogen-bond acceptors (Lipinski definition) is 1. The number of para-hydroxylation sites is 2. The van der Waals surface area contributed by atoms with Crippen molar-refractivity contribution in [3.8, 4) is 55.9 Å². The average molecular weight is 1020 g/mol. The first-order chi connectivity index (χ1) is 38.4. The molecule has 5 unspecified atom stereocenters. The van der Waals surface area contributed by atoms with Gasteiger partial charge in [-0.2, -0.15) is 0 Å². The zero-order chi connectivity index (χ0) is 51.4. The topological polar surface area (TPSA) is 9.86 Å². The van der Waals surface area contributed by atoms with Crippen molar-refractivity contribution < 1.29 is 0 Å². The predicted octanol–water partition coefficient (Wildman–Crippen LogP) is 20.8. The lowest BCUT2D eigenvalue weighted by Gasteiger charge is -2.54. The maximum absolute atomic E-state index is 2.62. The van der Waals surface area contributed by atoms with E-state index < -0.39 is 0 Å². The molecule has 78 heavy (non-hydrogen) atoms. The molecule has 3 heterocycles. The number of rotatable bonds is 5. The van der Waals surface area contributed by atoms with E-state index in [2.05, 4.69) is 254 Å². The molecule has 372 valence electrons. The monoisotopic (exact) mass is 1020 g/mol. The Morgan fingerprint density at radius 1 is 0.359 bits per heavy atom. The molecule has 17 rings (SSSR count). The molecular weight excluding hydrogens is 961 g/mol. The molecule has 3 heteroatoms. The second-order valence-corrected chi connectivity index (χ2v) is 24.5. The first-order valence-electron chi connectivity index (χ1n) is 28.3. The molecule has 3 aliphatic rings. The van der Waals surface area contributed by atoms with Gasteiger partial charge in [0.05, 0.1) is 22.1 Å². The minimum Gasteiger partial charge on any atom is -0.309 e. The molecule has 1 spiro atoms. The van der Waals surface area contributed by atoms with Gasteiger partial charge in [-0.1, -0.05) is 184 Å². The van der Waals surface area contributed by atoms with Gasteiger partial charge >= 0.3 is 0 Å². The van der Waals surface area contributed by atoms with Crippen LogP contribution in [0.5, 0.6) is 0 Å². The van der Waals surface area contributed by atoms with Crippen LogP contribution in [0.4, 0.5) is 0 Å². The van der Waals surface area contributed by atoms with Crippen molar-refractivity contribution in [1.82, 2.24) is 9.13 Å². The number of hydrogen-bond donors (Lipinski definition) is 0. The largest absolute Gasteiger partial charge is 0.309 e. The van der Waals surface area contributed by atoms with Crippen LogP contribution in [-0.2, 0) is 5.41 Å². The van der Waals surface area contributed by atoms with Gasteiger partial charge in [-0.05, 0) is 176 Å². The van der Waals surface area contributed by atoms with Gasteiger partial charge in [-0.3, -0.25) is 0 Å². The van der Waals surface area contributed by atoms with Crippen molar-refractivity contribution in [2.75, 3.05) is 0 Å². The third-order valence-electron chi connectivity index (χ3n) is 19.2. The van der Waals surface area contributed by atoms with Crippen LogP contribution in [0.25, 0.3) is 130 Å². The molecule has 0 radical (unpaired) electrons. The summed E-state index contributed by atoms with van der Waals surface area (Å²) in [5.41, 5.74) is 20.9. The molecule has 0 amide bonds. The summed E-state index contributed by atoms with van der Waals surface area (Å²) >= 11 is 1.93. The lowest BCUT2D eigenvalue weighted by Crippen LogP contribution is -2.49. The molecule has 0 N–H and O–H groups in total. The normalized spacial score (nSPS) is 19.8. The average Bonchev–Trinajstić information content (AvgIpc) is 3.74. The number of thiophene rings is 1. The smallest absolute Gasteiger partial charge is 0.0547 e. The fraction of sp³-hybridized carbons (Fsp3) is 0.147. The molecule has 2 nitrogen and oxygen atoms in total. The first-order valence-corrected chi connectivity index (χ1v) is 29.1. The van der Waals surface area contributed by atoms with E-state index in [9.17, 15) is 0 Å². The quantitative estimate of drug-likeness (QED) is 0.163. The van der Waals surface area contributed by atoms with Crippen molar-refractivity contribution in [1.29, 1.82) is 0 Å². The van der Waals surface area contributed by atoms with E-state index in [-0.39, 0.29) is 5.41 Å². The van der Waals surface area contributed by atoms with E-state index in [1.807, 2.05) is 11.3 Å². The summed E-state index contributed by atoms with van der Waals surface area (Å²) in [6.07, 6.45) is 5.43. The molecule has 2 fully saturated rings. The molecular formula is C75H56N2S. The van der Waals surface area contributed by atoms with Crippen molar-refractivity contribution in [3.63, 3.8) is 0 Å². The zero-order valence-electron chi connectivity index (χ0n) is 43.9. The summed E-state index contributed by atoms with van der Waals surface area (Å²) < 4.78 is 7.59. The summed E-state index contributed by atoms with van der Waals surface area (Å²) in [5, 5.41) is 10.2. The highest BCUT2D eigenvalue weighted by Crippen LogP contribution is 2.65. The number of nitrogens with zero attached hydrogens (tertiary/aromatic N) is 2. The predicted molar refractivity (Wildman–Crippen MR) is 332 cm³/mol. The standard InChI is InChI=1S/C75H56N2S/c1-45-36-47-38-46(2)75(54(37-45)39-47)67-19-8-5-15-59(67)60-31-24-50(40-68(60)75)53-27-34-65-66-35-30-56(44-74(66)78-73(65)43-53)77-70-21-10-7-17-62(70)64-33-26-52(42-72(64)77)51-25-32-63-61-16-6-9-20-69(61)76(71(63)41-51)55-28-22-49(23-29-55)58-18-11-13-48-12-3-4-14-57(48)58/h3-35,40-47,54H,36-39H2,1-2H3. The summed E-state index contributed by atoms with van der Waals surface area (Å²) in [7, 11) is 0.